The Balaban J connectivity index is 2.11. The van der Waals surface area contributed by atoms with E-state index < -0.39 is 0 Å². The summed E-state index contributed by atoms with van der Waals surface area (Å²) < 4.78 is 3.70. The normalized spacial score (nSPS) is 10.8. The summed E-state index contributed by atoms with van der Waals surface area (Å²) in [5.74, 6) is 0.122. The Bertz CT molecular complexity index is 528. The van der Waals surface area contributed by atoms with Crippen LogP contribution in [0.25, 0.3) is 0 Å². The molecule has 2 heterocycles. The molecular formula is C11H10Br2N2OS. The average molecular weight is 378 g/mol. The van der Waals surface area contributed by atoms with E-state index in [4.69, 9.17) is 0 Å². The molecule has 0 aromatic carbocycles. The fraction of sp³-hybridized carbons (Fsp3) is 0.273. The van der Waals surface area contributed by atoms with Crippen LogP contribution in [0.2, 0.25) is 0 Å². The van der Waals surface area contributed by atoms with E-state index in [9.17, 15) is 4.79 Å². The number of carbonyl (C=O) groups excluding carboxylic acids is 1. The Kier molecular flexibility index (Phi) is 4.17. The van der Waals surface area contributed by atoms with Crippen molar-refractivity contribution >= 4 is 49.0 Å². The smallest absolute Gasteiger partial charge is 0.177 e. The number of nitrogens with zero attached hydrogens (tertiary/aromatic N) is 2. The first kappa shape index (κ1) is 13.0. The van der Waals surface area contributed by atoms with Gasteiger partial charge in [-0.05, 0) is 50.4 Å². The van der Waals surface area contributed by atoms with Gasteiger partial charge >= 0.3 is 0 Å². The van der Waals surface area contributed by atoms with Crippen LogP contribution in [0.1, 0.15) is 22.2 Å². The minimum absolute atomic E-state index is 0.122. The van der Waals surface area contributed by atoms with E-state index in [-0.39, 0.29) is 5.78 Å². The quantitative estimate of drug-likeness (QED) is 0.757. The number of Topliss-reactive ketones (excluding diaryl/α,β-unsaturated/α-hetero) is 1. The van der Waals surface area contributed by atoms with Gasteiger partial charge in [-0.2, -0.15) is 5.10 Å². The van der Waals surface area contributed by atoms with Crippen LogP contribution in [0.3, 0.4) is 0 Å². The van der Waals surface area contributed by atoms with Crippen molar-refractivity contribution in [1.82, 2.24) is 9.78 Å². The van der Waals surface area contributed by atoms with Gasteiger partial charge in [0, 0.05) is 23.6 Å². The van der Waals surface area contributed by atoms with E-state index in [1.165, 1.54) is 11.3 Å². The Morgan fingerprint density at radius 2 is 2.29 bits per heavy atom. The number of rotatable bonds is 4. The summed E-state index contributed by atoms with van der Waals surface area (Å²) in [6.45, 7) is 2.84. The van der Waals surface area contributed by atoms with Gasteiger partial charge in [0.15, 0.2) is 5.78 Å². The molecule has 0 saturated carbocycles. The van der Waals surface area contributed by atoms with Crippen LogP contribution >= 0.6 is 43.2 Å². The third-order valence-corrected chi connectivity index (χ3v) is 5.59. The van der Waals surface area contributed by atoms with Crippen LogP contribution in [0.15, 0.2) is 26.7 Å². The third-order valence-electron chi connectivity index (χ3n) is 2.30. The van der Waals surface area contributed by atoms with Gasteiger partial charge < -0.3 is 0 Å². The van der Waals surface area contributed by atoms with Crippen molar-refractivity contribution in [3.05, 3.63) is 37.2 Å². The van der Waals surface area contributed by atoms with E-state index in [0.29, 0.717) is 6.42 Å². The molecule has 0 N–H and O–H groups in total. The van der Waals surface area contributed by atoms with Crippen LogP contribution in [0.5, 0.6) is 0 Å². The number of thiophene rings is 1. The van der Waals surface area contributed by atoms with Gasteiger partial charge in [-0.25, -0.2) is 0 Å². The topological polar surface area (TPSA) is 34.9 Å². The van der Waals surface area contributed by atoms with Crippen molar-refractivity contribution in [2.45, 2.75) is 19.9 Å². The minimum atomic E-state index is 0.122. The minimum Gasteiger partial charge on any atom is -0.293 e. The molecule has 6 heteroatoms. The molecule has 17 heavy (non-hydrogen) atoms. The second-order valence-electron chi connectivity index (χ2n) is 3.54. The number of aromatic nitrogens is 2. The summed E-state index contributed by atoms with van der Waals surface area (Å²) in [5, 5.41) is 4.15. The Morgan fingerprint density at radius 3 is 2.82 bits per heavy atom. The molecule has 0 fully saturated rings. The molecular weight excluding hydrogens is 368 g/mol. The first-order valence-corrected chi connectivity index (χ1v) is 7.49. The maximum atomic E-state index is 12.0. The molecule has 2 aromatic heterocycles. The number of halogens is 2. The zero-order chi connectivity index (χ0) is 12.4. The molecule has 0 atom stereocenters. The van der Waals surface area contributed by atoms with Crippen molar-refractivity contribution in [3.63, 3.8) is 0 Å². The molecule has 0 spiro atoms. The van der Waals surface area contributed by atoms with Gasteiger partial charge in [0.05, 0.1) is 14.9 Å². The molecule has 2 aromatic rings. The van der Waals surface area contributed by atoms with Gasteiger partial charge in [-0.3, -0.25) is 9.48 Å². The lowest BCUT2D eigenvalue weighted by Crippen LogP contribution is -2.00. The fourth-order valence-electron chi connectivity index (χ4n) is 1.43. The highest BCUT2D eigenvalue weighted by molar-refractivity contribution is 9.13. The van der Waals surface area contributed by atoms with Crippen molar-refractivity contribution < 1.29 is 4.79 Å². The third kappa shape index (κ3) is 3.05. The van der Waals surface area contributed by atoms with Crippen molar-refractivity contribution in [1.29, 1.82) is 0 Å². The molecule has 0 aliphatic carbocycles. The van der Waals surface area contributed by atoms with Gasteiger partial charge in [0.25, 0.3) is 0 Å². The summed E-state index contributed by atoms with van der Waals surface area (Å²) in [4.78, 5) is 12.8. The number of carbonyl (C=O) groups is 1. The number of ketones is 1. The molecule has 0 aliphatic heterocycles. The highest BCUT2D eigenvalue weighted by Crippen LogP contribution is 2.32. The van der Waals surface area contributed by atoms with Crippen LogP contribution in [-0.2, 0) is 13.0 Å². The molecule has 0 saturated heterocycles. The lowest BCUT2D eigenvalue weighted by Gasteiger charge is -1.94. The summed E-state index contributed by atoms with van der Waals surface area (Å²) in [6.07, 6.45) is 4.06. The summed E-state index contributed by atoms with van der Waals surface area (Å²) in [7, 11) is 0. The second-order valence-corrected chi connectivity index (χ2v) is 6.76. The van der Waals surface area contributed by atoms with E-state index >= 15 is 0 Å². The van der Waals surface area contributed by atoms with E-state index in [2.05, 4.69) is 37.0 Å². The predicted molar refractivity (Wildman–Crippen MR) is 75.7 cm³/mol. The molecule has 2 rings (SSSR count). The maximum Gasteiger partial charge on any atom is 0.177 e. The van der Waals surface area contributed by atoms with Gasteiger partial charge in [0.2, 0.25) is 0 Å². The largest absolute Gasteiger partial charge is 0.293 e. The van der Waals surface area contributed by atoms with E-state index in [1.807, 2.05) is 23.9 Å². The molecule has 0 bridgehead atoms. The van der Waals surface area contributed by atoms with Gasteiger partial charge in [-0.1, -0.05) is 0 Å². The Hall–Kier alpha value is -0.460. The molecule has 0 aliphatic rings. The standard InChI is InChI=1S/C11H10Br2N2OS/c1-2-15-6-7(5-14-15)3-9(16)10-4-8(12)11(13)17-10/h4-6H,2-3H2,1H3. The van der Waals surface area contributed by atoms with Gasteiger partial charge in [0.1, 0.15) is 0 Å². The maximum absolute atomic E-state index is 12.0. The summed E-state index contributed by atoms with van der Waals surface area (Å²) >= 11 is 8.22. The average Bonchev–Trinajstić information content (AvgIpc) is 2.87. The van der Waals surface area contributed by atoms with Crippen molar-refractivity contribution in [3.8, 4) is 0 Å². The van der Waals surface area contributed by atoms with Crippen LogP contribution < -0.4 is 0 Å². The molecule has 3 nitrogen and oxygen atoms in total. The number of hydrogen-bond acceptors (Lipinski definition) is 3. The Morgan fingerprint density at radius 1 is 1.53 bits per heavy atom. The van der Waals surface area contributed by atoms with Gasteiger partial charge in [-0.15, -0.1) is 11.3 Å². The fourth-order valence-corrected chi connectivity index (χ4v) is 3.40. The molecule has 0 unspecified atom stereocenters. The predicted octanol–water partition coefficient (Wildman–Crippen LogP) is 3.91. The summed E-state index contributed by atoms with van der Waals surface area (Å²) in [6, 6.07) is 1.85. The zero-order valence-electron chi connectivity index (χ0n) is 9.11. The molecule has 0 radical (unpaired) electrons. The Labute approximate surface area is 120 Å². The lowest BCUT2D eigenvalue weighted by atomic mass is 10.1. The van der Waals surface area contributed by atoms with E-state index in [1.54, 1.807) is 6.20 Å². The van der Waals surface area contributed by atoms with Crippen molar-refractivity contribution in [2.75, 3.05) is 0 Å². The van der Waals surface area contributed by atoms with Crippen molar-refractivity contribution in [2.24, 2.45) is 0 Å². The zero-order valence-corrected chi connectivity index (χ0v) is 13.1. The van der Waals surface area contributed by atoms with E-state index in [0.717, 1.165) is 25.2 Å². The highest BCUT2D eigenvalue weighted by Gasteiger charge is 2.13. The molecule has 0 amide bonds. The first-order valence-electron chi connectivity index (χ1n) is 5.09. The van der Waals surface area contributed by atoms with Crippen LogP contribution in [-0.4, -0.2) is 15.6 Å². The lowest BCUT2D eigenvalue weighted by molar-refractivity contribution is 0.0997. The van der Waals surface area contributed by atoms with Crippen LogP contribution in [0.4, 0.5) is 0 Å². The SMILES string of the molecule is CCn1cc(CC(=O)c2cc(Br)c(Br)s2)cn1. The second kappa shape index (κ2) is 5.46. The number of hydrogen-bond donors (Lipinski definition) is 0. The number of aryl methyl sites for hydroxylation is 1. The van der Waals surface area contributed by atoms with Crippen LogP contribution in [0, 0.1) is 0 Å². The summed E-state index contributed by atoms with van der Waals surface area (Å²) in [5.41, 5.74) is 0.956. The molecule has 90 valence electrons. The highest BCUT2D eigenvalue weighted by atomic mass is 79.9. The monoisotopic (exact) mass is 376 g/mol. The first-order chi connectivity index (χ1) is 8.10.